The van der Waals surface area contributed by atoms with Crippen LogP contribution >= 0.6 is 23.4 Å². The topological polar surface area (TPSA) is 38.3 Å². The van der Waals surface area contributed by atoms with Gasteiger partial charge in [-0.05, 0) is 37.3 Å². The van der Waals surface area contributed by atoms with Crippen LogP contribution in [0.15, 0.2) is 42.5 Å². The van der Waals surface area contributed by atoms with Gasteiger partial charge in [0.25, 0.3) is 0 Å². The minimum atomic E-state index is -0.324. The van der Waals surface area contributed by atoms with Crippen LogP contribution in [-0.2, 0) is 10.5 Å². The van der Waals surface area contributed by atoms with Crippen molar-refractivity contribution in [3.8, 4) is 5.75 Å². The van der Waals surface area contributed by atoms with Gasteiger partial charge in [-0.1, -0.05) is 23.7 Å². The van der Waals surface area contributed by atoms with Gasteiger partial charge in [-0.3, -0.25) is 4.79 Å². The van der Waals surface area contributed by atoms with E-state index in [1.807, 2.05) is 0 Å². The molecule has 23 heavy (non-hydrogen) atoms. The number of anilines is 1. The Bertz CT molecular complexity index is 696. The number of nitrogens with one attached hydrogen (secondary N) is 1. The second-order valence-electron chi connectivity index (χ2n) is 4.88. The quantitative estimate of drug-likeness (QED) is 0.814. The van der Waals surface area contributed by atoms with Crippen molar-refractivity contribution in [2.24, 2.45) is 0 Å². The molecule has 0 bridgehead atoms. The van der Waals surface area contributed by atoms with E-state index < -0.39 is 0 Å². The number of thioether (sulfide) groups is 1. The van der Waals surface area contributed by atoms with Crippen molar-refractivity contribution in [2.45, 2.75) is 17.9 Å². The van der Waals surface area contributed by atoms with Crippen molar-refractivity contribution in [3.63, 3.8) is 0 Å². The number of methoxy groups -OCH3 is 1. The van der Waals surface area contributed by atoms with Crippen molar-refractivity contribution < 1.29 is 13.9 Å². The molecule has 6 heteroatoms. The predicted octanol–water partition coefficient (Wildman–Crippen LogP) is 4.75. The Morgan fingerprint density at radius 2 is 2.09 bits per heavy atom. The van der Waals surface area contributed by atoms with E-state index in [4.69, 9.17) is 16.3 Å². The monoisotopic (exact) mass is 353 g/mol. The zero-order valence-corrected chi connectivity index (χ0v) is 14.4. The van der Waals surface area contributed by atoms with E-state index >= 15 is 0 Å². The maximum atomic E-state index is 13.3. The number of halogens is 2. The predicted molar refractivity (Wildman–Crippen MR) is 93.8 cm³/mol. The molecule has 0 radical (unpaired) electrons. The number of rotatable bonds is 6. The number of hydrogen-bond acceptors (Lipinski definition) is 3. The number of amides is 1. The first-order valence-electron chi connectivity index (χ1n) is 7.00. The van der Waals surface area contributed by atoms with Crippen molar-refractivity contribution in [2.75, 3.05) is 12.4 Å². The molecule has 1 atom stereocenters. The molecule has 0 aliphatic carbocycles. The Hall–Kier alpha value is -1.72. The summed E-state index contributed by atoms with van der Waals surface area (Å²) in [6.45, 7) is 1.79. The molecule has 0 heterocycles. The molecule has 0 saturated carbocycles. The summed E-state index contributed by atoms with van der Waals surface area (Å²) in [4.78, 5) is 12.2. The third-order valence-corrected chi connectivity index (χ3v) is 4.75. The van der Waals surface area contributed by atoms with E-state index in [0.717, 1.165) is 5.56 Å². The van der Waals surface area contributed by atoms with E-state index in [0.29, 0.717) is 22.2 Å². The summed E-state index contributed by atoms with van der Waals surface area (Å²) >= 11 is 7.42. The fourth-order valence-electron chi connectivity index (χ4n) is 1.95. The maximum Gasteiger partial charge on any atom is 0.237 e. The normalized spacial score (nSPS) is 11.8. The molecule has 2 rings (SSSR count). The standard InChI is InChI=1S/C17H17ClFNO2S/c1-11(17(21)20-15-6-4-3-5-14(15)18)23-10-12-9-13(19)7-8-16(12)22-2/h3-9,11H,10H2,1-2H3,(H,20,21). The number of ether oxygens (including phenoxy) is 1. The zero-order chi connectivity index (χ0) is 16.8. The van der Waals surface area contributed by atoms with Crippen molar-refractivity contribution in [3.05, 3.63) is 58.9 Å². The lowest BCUT2D eigenvalue weighted by Gasteiger charge is -2.14. The van der Waals surface area contributed by atoms with Crippen LogP contribution in [0.1, 0.15) is 12.5 Å². The zero-order valence-electron chi connectivity index (χ0n) is 12.8. The van der Waals surface area contributed by atoms with E-state index in [1.54, 1.807) is 37.3 Å². The van der Waals surface area contributed by atoms with Gasteiger partial charge >= 0.3 is 0 Å². The minimum Gasteiger partial charge on any atom is -0.496 e. The Morgan fingerprint density at radius 1 is 1.35 bits per heavy atom. The van der Waals surface area contributed by atoms with Crippen LogP contribution in [0.4, 0.5) is 10.1 Å². The fourth-order valence-corrected chi connectivity index (χ4v) is 3.00. The second-order valence-corrected chi connectivity index (χ2v) is 6.61. The first-order valence-corrected chi connectivity index (χ1v) is 8.43. The molecule has 0 saturated heterocycles. The van der Waals surface area contributed by atoms with E-state index in [2.05, 4.69) is 5.32 Å². The van der Waals surface area contributed by atoms with Crippen LogP contribution in [0.3, 0.4) is 0 Å². The van der Waals surface area contributed by atoms with Gasteiger partial charge in [-0.25, -0.2) is 4.39 Å². The third-order valence-electron chi connectivity index (χ3n) is 3.23. The van der Waals surface area contributed by atoms with Crippen molar-refractivity contribution >= 4 is 35.0 Å². The number of para-hydroxylation sites is 1. The van der Waals surface area contributed by atoms with Gasteiger partial charge < -0.3 is 10.1 Å². The lowest BCUT2D eigenvalue weighted by Crippen LogP contribution is -2.22. The van der Waals surface area contributed by atoms with Gasteiger partial charge in [0.15, 0.2) is 0 Å². The molecule has 2 aromatic rings. The van der Waals surface area contributed by atoms with E-state index in [9.17, 15) is 9.18 Å². The molecule has 0 aliphatic rings. The average Bonchev–Trinajstić information content (AvgIpc) is 2.54. The second kappa shape index (κ2) is 8.22. The highest BCUT2D eigenvalue weighted by Gasteiger charge is 2.16. The summed E-state index contributed by atoms with van der Waals surface area (Å²) in [5, 5.41) is 2.96. The lowest BCUT2D eigenvalue weighted by atomic mass is 10.2. The molecule has 0 aliphatic heterocycles. The summed E-state index contributed by atoms with van der Waals surface area (Å²) in [5.41, 5.74) is 1.30. The van der Waals surface area contributed by atoms with Crippen LogP contribution in [-0.4, -0.2) is 18.3 Å². The highest BCUT2D eigenvalue weighted by Crippen LogP contribution is 2.27. The van der Waals surface area contributed by atoms with Crippen LogP contribution in [0.25, 0.3) is 0 Å². The summed E-state index contributed by atoms with van der Waals surface area (Å²) in [5.74, 6) is 0.601. The van der Waals surface area contributed by atoms with E-state index in [-0.39, 0.29) is 17.0 Å². The molecule has 0 spiro atoms. The molecule has 1 amide bonds. The highest BCUT2D eigenvalue weighted by molar-refractivity contribution is 7.99. The lowest BCUT2D eigenvalue weighted by molar-refractivity contribution is -0.115. The SMILES string of the molecule is COc1ccc(F)cc1CSC(C)C(=O)Nc1ccccc1Cl. The van der Waals surface area contributed by atoms with Gasteiger partial charge in [0.1, 0.15) is 11.6 Å². The Labute approximate surface area is 144 Å². The Morgan fingerprint density at radius 3 is 2.78 bits per heavy atom. The summed E-state index contributed by atoms with van der Waals surface area (Å²) < 4.78 is 18.5. The van der Waals surface area contributed by atoms with Crippen molar-refractivity contribution in [1.29, 1.82) is 0 Å². The average molecular weight is 354 g/mol. The molecule has 122 valence electrons. The number of hydrogen-bond donors (Lipinski definition) is 1. The summed E-state index contributed by atoms with van der Waals surface area (Å²) in [6, 6.07) is 11.4. The first-order chi connectivity index (χ1) is 11.0. The van der Waals surface area contributed by atoms with Crippen LogP contribution in [0.5, 0.6) is 5.75 Å². The van der Waals surface area contributed by atoms with E-state index in [1.165, 1.54) is 31.0 Å². The van der Waals surface area contributed by atoms with Gasteiger partial charge in [-0.2, -0.15) is 0 Å². The molecule has 1 unspecified atom stereocenters. The Balaban J connectivity index is 1.97. The molecule has 0 aromatic heterocycles. The largest absolute Gasteiger partial charge is 0.496 e. The molecule has 2 aromatic carbocycles. The van der Waals surface area contributed by atoms with Gasteiger partial charge in [0, 0.05) is 11.3 Å². The summed E-state index contributed by atoms with van der Waals surface area (Å²) in [6.07, 6.45) is 0. The molecular formula is C17H17ClFNO2S. The van der Waals surface area contributed by atoms with Gasteiger partial charge in [-0.15, -0.1) is 11.8 Å². The first kappa shape index (κ1) is 17.6. The highest BCUT2D eigenvalue weighted by atomic mass is 35.5. The van der Waals surface area contributed by atoms with Crippen LogP contribution in [0, 0.1) is 5.82 Å². The van der Waals surface area contributed by atoms with Crippen LogP contribution < -0.4 is 10.1 Å². The molecule has 1 N–H and O–H groups in total. The molecule has 0 fully saturated rings. The van der Waals surface area contributed by atoms with Crippen molar-refractivity contribution in [1.82, 2.24) is 0 Å². The fraction of sp³-hybridized carbons (Fsp3) is 0.235. The summed E-state index contributed by atoms with van der Waals surface area (Å²) in [7, 11) is 1.54. The maximum absolute atomic E-state index is 13.3. The molecular weight excluding hydrogens is 337 g/mol. The van der Waals surface area contributed by atoms with Gasteiger partial charge in [0.2, 0.25) is 5.91 Å². The third kappa shape index (κ3) is 4.88. The smallest absolute Gasteiger partial charge is 0.237 e. The Kier molecular flexibility index (Phi) is 6.30. The number of carbonyl (C=O) groups excluding carboxylic acids is 1. The number of benzene rings is 2. The van der Waals surface area contributed by atoms with Crippen LogP contribution in [0.2, 0.25) is 5.02 Å². The number of carbonyl (C=O) groups is 1. The van der Waals surface area contributed by atoms with Gasteiger partial charge in [0.05, 0.1) is 23.1 Å². The molecule has 3 nitrogen and oxygen atoms in total. The minimum absolute atomic E-state index is 0.154.